The Kier molecular flexibility index (Phi) is 7.65. The molecule has 0 saturated carbocycles. The normalized spacial score (nSPS) is 13.5. The van der Waals surface area contributed by atoms with E-state index in [1.807, 2.05) is 6.07 Å². The molecule has 0 radical (unpaired) electrons. The van der Waals surface area contributed by atoms with Gasteiger partial charge in [0.2, 0.25) is 0 Å². The molecular weight excluding hydrogens is 703 g/mol. The van der Waals surface area contributed by atoms with Crippen LogP contribution in [0.1, 0.15) is 41.7 Å². The summed E-state index contributed by atoms with van der Waals surface area (Å²) in [5, 5.41) is 6.16. The molecule has 4 heteroatoms. The van der Waals surface area contributed by atoms with Crippen LogP contribution in [0.4, 0.5) is 28.4 Å². The molecule has 11 rings (SSSR count). The van der Waals surface area contributed by atoms with Crippen molar-refractivity contribution in [1.29, 1.82) is 0 Å². The quantitative estimate of drug-likeness (QED) is 0.178. The van der Waals surface area contributed by atoms with Crippen molar-refractivity contribution in [2.75, 3.05) is 10.2 Å². The molecule has 0 fully saturated rings. The highest BCUT2D eigenvalue weighted by Crippen LogP contribution is 2.53. The fraction of sp³-hybridized carbons (Fsp3) is 0.111. The minimum absolute atomic E-state index is 0.140. The largest absolute Gasteiger partial charge is 0.454 e. The van der Waals surface area contributed by atoms with E-state index in [4.69, 9.17) is 4.42 Å². The fourth-order valence-corrected chi connectivity index (χ4v) is 10.1. The summed E-state index contributed by atoms with van der Waals surface area (Å²) < 4.78 is 6.56. The molecule has 0 amide bonds. The van der Waals surface area contributed by atoms with Crippen LogP contribution in [-0.2, 0) is 5.41 Å². The Morgan fingerprint density at radius 3 is 2.10 bits per heavy atom. The maximum Gasteiger partial charge on any atom is 0.198 e. The fourth-order valence-electron chi connectivity index (χ4n) is 10.1. The zero-order valence-electron chi connectivity index (χ0n) is 33.6. The van der Waals surface area contributed by atoms with E-state index in [1.165, 1.54) is 83.6 Å². The topological polar surface area (TPSA) is 28.4 Å². The lowest BCUT2D eigenvalue weighted by atomic mass is 9.55. The Labute approximate surface area is 340 Å². The molecule has 0 bridgehead atoms. The van der Waals surface area contributed by atoms with Crippen LogP contribution < -0.4 is 21.1 Å². The molecule has 3 heterocycles. The van der Waals surface area contributed by atoms with Crippen molar-refractivity contribution in [3.63, 3.8) is 0 Å². The molecule has 278 valence electrons. The van der Waals surface area contributed by atoms with E-state index in [9.17, 15) is 0 Å². The summed E-state index contributed by atoms with van der Waals surface area (Å²) in [7, 11) is 0.822. The summed E-state index contributed by atoms with van der Waals surface area (Å²) in [6, 6.07) is 57.9. The number of furan rings is 1. The van der Waals surface area contributed by atoms with Crippen LogP contribution in [0.5, 0.6) is 0 Å². The van der Waals surface area contributed by atoms with Gasteiger partial charge in [-0.15, -0.1) is 0 Å². The molecule has 9 aromatic rings. The third-order valence-corrected chi connectivity index (χ3v) is 12.7. The van der Waals surface area contributed by atoms with Gasteiger partial charge in [0, 0.05) is 38.8 Å². The second kappa shape index (κ2) is 12.9. The second-order valence-corrected chi connectivity index (χ2v) is 16.8. The van der Waals surface area contributed by atoms with Gasteiger partial charge in [0.15, 0.2) is 12.9 Å². The monoisotopic (exact) mass is 746 g/mol. The molecule has 3 nitrogen and oxygen atoms in total. The molecule has 2 aliphatic rings. The van der Waals surface area contributed by atoms with Crippen molar-refractivity contribution in [1.82, 2.24) is 0 Å². The second-order valence-electron chi connectivity index (χ2n) is 16.8. The number of para-hydroxylation sites is 4. The number of nitrogens with one attached hydrogen (secondary N) is 1. The van der Waals surface area contributed by atoms with Crippen LogP contribution in [-0.4, -0.2) is 7.28 Å². The summed E-state index contributed by atoms with van der Waals surface area (Å²) in [5.74, 6) is 0. The van der Waals surface area contributed by atoms with Crippen LogP contribution in [0.15, 0.2) is 162 Å². The van der Waals surface area contributed by atoms with Crippen molar-refractivity contribution >= 4 is 68.6 Å². The number of benzene rings is 8. The summed E-state index contributed by atoms with van der Waals surface area (Å²) in [4.78, 5) is 2.58. The molecule has 0 spiro atoms. The lowest BCUT2D eigenvalue weighted by Crippen LogP contribution is -2.45. The zero-order valence-corrected chi connectivity index (χ0v) is 33.6. The highest BCUT2D eigenvalue weighted by Gasteiger charge is 2.41. The van der Waals surface area contributed by atoms with E-state index in [1.54, 1.807) is 0 Å². The van der Waals surface area contributed by atoms with E-state index in [2.05, 4.69) is 196 Å². The van der Waals surface area contributed by atoms with Gasteiger partial charge in [0.25, 0.3) is 0 Å². The highest BCUT2D eigenvalue weighted by atomic mass is 16.3. The first-order valence-corrected chi connectivity index (χ1v) is 20.4. The summed E-state index contributed by atoms with van der Waals surface area (Å²) in [6.07, 6.45) is 0. The Balaban J connectivity index is 1.21. The molecule has 1 N–H and O–H groups in total. The van der Waals surface area contributed by atoms with Crippen LogP contribution >= 0.6 is 0 Å². The first-order chi connectivity index (χ1) is 28.2. The minimum atomic E-state index is -0.140. The molecule has 58 heavy (non-hydrogen) atoms. The molecule has 2 aliphatic heterocycles. The molecule has 0 aliphatic carbocycles. The first-order valence-electron chi connectivity index (χ1n) is 20.4. The van der Waals surface area contributed by atoms with E-state index in [0.29, 0.717) is 0 Å². The van der Waals surface area contributed by atoms with Crippen LogP contribution in [0.3, 0.4) is 0 Å². The number of hydrogen-bond donors (Lipinski definition) is 1. The summed E-state index contributed by atoms with van der Waals surface area (Å²) in [5.41, 5.74) is 23.9. The predicted molar refractivity (Wildman–Crippen MR) is 247 cm³/mol. The lowest BCUT2D eigenvalue weighted by Gasteiger charge is -2.46. The smallest absolute Gasteiger partial charge is 0.198 e. The molecular formula is C54H43BN2O. The number of hydrogen-bond acceptors (Lipinski definition) is 3. The van der Waals surface area contributed by atoms with E-state index < -0.39 is 0 Å². The summed E-state index contributed by atoms with van der Waals surface area (Å²) in [6.45, 7) is 11.5. The van der Waals surface area contributed by atoms with E-state index in [0.717, 1.165) is 46.2 Å². The van der Waals surface area contributed by atoms with Gasteiger partial charge in [-0.25, -0.2) is 0 Å². The average molecular weight is 747 g/mol. The Morgan fingerprint density at radius 1 is 0.552 bits per heavy atom. The molecule has 0 saturated heterocycles. The van der Waals surface area contributed by atoms with Crippen LogP contribution in [0, 0.1) is 20.8 Å². The molecule has 0 unspecified atom stereocenters. The third kappa shape index (κ3) is 5.21. The minimum Gasteiger partial charge on any atom is -0.454 e. The van der Waals surface area contributed by atoms with E-state index >= 15 is 0 Å². The van der Waals surface area contributed by atoms with Crippen molar-refractivity contribution in [3.05, 3.63) is 186 Å². The van der Waals surface area contributed by atoms with Crippen molar-refractivity contribution in [2.45, 2.75) is 40.0 Å². The van der Waals surface area contributed by atoms with Crippen LogP contribution in [0.2, 0.25) is 0 Å². The van der Waals surface area contributed by atoms with Gasteiger partial charge < -0.3 is 14.6 Å². The van der Waals surface area contributed by atoms with Gasteiger partial charge >= 0.3 is 0 Å². The molecule has 1 aromatic heterocycles. The Bertz CT molecular complexity index is 3110. The van der Waals surface area contributed by atoms with Crippen molar-refractivity contribution in [2.24, 2.45) is 0 Å². The summed E-state index contributed by atoms with van der Waals surface area (Å²) >= 11 is 0. The van der Waals surface area contributed by atoms with Gasteiger partial charge in [-0.3, -0.25) is 0 Å². The number of anilines is 5. The number of fused-ring (bicyclic) bond motifs is 7. The van der Waals surface area contributed by atoms with Gasteiger partial charge in [-0.2, -0.15) is 0 Å². The number of aryl methyl sites for hydroxylation is 3. The maximum absolute atomic E-state index is 6.56. The number of nitrogens with zero attached hydrogens (tertiary/aromatic N) is 1. The average Bonchev–Trinajstić information content (AvgIpc) is 3.62. The SMILES string of the molecule is Cc1cc(C)c(-c2cc(-c3cc(-c4ccccc4)ccc3Nc3cccc4c3oc3ccccc34)c3c(c2)N2c4ccccc4C(C)(C)c4cccc(c42)B3)c(C)c1. The maximum atomic E-state index is 6.56. The first kappa shape index (κ1) is 34.5. The Morgan fingerprint density at radius 2 is 1.26 bits per heavy atom. The van der Waals surface area contributed by atoms with E-state index in [-0.39, 0.29) is 5.41 Å². The predicted octanol–water partition coefficient (Wildman–Crippen LogP) is 13.1. The van der Waals surface area contributed by atoms with Crippen molar-refractivity contribution < 1.29 is 4.42 Å². The van der Waals surface area contributed by atoms with Crippen molar-refractivity contribution in [3.8, 4) is 33.4 Å². The van der Waals surface area contributed by atoms with Gasteiger partial charge in [0.1, 0.15) is 5.58 Å². The molecule has 0 atom stereocenters. The standard InChI is InChI=1S/C54H43BN2O/c1-32-27-33(2)50(34(3)28-32)37-30-41(51-48(31-37)57-47-23-11-10-19-42(47)54(4,5)43-20-14-21-44(55-51)52(43)57)40-29-36(35-15-7-6-8-16-35)25-26-45(40)56-46-22-13-18-39-38-17-9-12-24-49(38)58-53(39)46/h6-31,55-56H,1-5H3. The van der Waals surface area contributed by atoms with Crippen LogP contribution in [0.25, 0.3) is 55.3 Å². The van der Waals surface area contributed by atoms with Gasteiger partial charge in [-0.05, 0) is 119 Å². The Hall–Kier alpha value is -6.78. The van der Waals surface area contributed by atoms with Gasteiger partial charge in [0.05, 0.1) is 11.4 Å². The number of rotatable bonds is 5. The third-order valence-electron chi connectivity index (χ3n) is 12.7. The van der Waals surface area contributed by atoms with Gasteiger partial charge in [-0.1, -0.05) is 140 Å². The molecule has 8 aromatic carbocycles. The zero-order chi connectivity index (χ0) is 39.3. The highest BCUT2D eigenvalue weighted by molar-refractivity contribution is 6.73. The lowest BCUT2D eigenvalue weighted by molar-refractivity contribution is 0.632.